The summed E-state index contributed by atoms with van der Waals surface area (Å²) < 4.78 is 45.6. The molecular weight excluding hydrogens is 391 g/mol. The Bertz CT molecular complexity index is 1040. The van der Waals surface area contributed by atoms with E-state index in [0.717, 1.165) is 23.3 Å². The summed E-state index contributed by atoms with van der Waals surface area (Å²) >= 11 is 0. The van der Waals surface area contributed by atoms with Crippen LogP contribution in [-0.2, 0) is 17.5 Å². The highest BCUT2D eigenvalue weighted by atomic mass is 19.4. The molecule has 1 radical (unpaired) electrons. The summed E-state index contributed by atoms with van der Waals surface area (Å²) in [6, 6.07) is 22.6. The third kappa shape index (κ3) is 3.90. The second-order valence-electron chi connectivity index (χ2n) is 7.25. The van der Waals surface area contributed by atoms with Crippen LogP contribution in [0.4, 0.5) is 18.0 Å². The molecule has 3 aromatic rings. The SMILES string of the molecule is C[C@H]1[C@@H](c2ccccc2)OC(=O)N1Cc1cc(C(F)(F)F)ccc1-c1c[c]ccc1. The third-order valence-corrected chi connectivity index (χ3v) is 5.31. The molecule has 0 aliphatic carbocycles. The Morgan fingerprint density at radius 1 is 1.07 bits per heavy atom. The zero-order valence-electron chi connectivity index (χ0n) is 16.2. The van der Waals surface area contributed by atoms with E-state index >= 15 is 0 Å². The molecule has 3 aromatic carbocycles. The predicted molar refractivity (Wildman–Crippen MR) is 106 cm³/mol. The van der Waals surface area contributed by atoms with Crippen molar-refractivity contribution < 1.29 is 22.7 Å². The average Bonchev–Trinajstić information content (AvgIpc) is 3.02. The van der Waals surface area contributed by atoms with E-state index in [9.17, 15) is 18.0 Å². The van der Waals surface area contributed by atoms with E-state index < -0.39 is 23.9 Å². The number of carbonyl (C=O) groups excluding carboxylic acids is 1. The van der Waals surface area contributed by atoms with Crippen LogP contribution in [0, 0.1) is 6.07 Å². The first kappa shape index (κ1) is 20.0. The number of nitrogens with zero attached hydrogens (tertiary/aromatic N) is 1. The number of amides is 1. The molecule has 1 heterocycles. The van der Waals surface area contributed by atoms with Crippen LogP contribution >= 0.6 is 0 Å². The van der Waals surface area contributed by atoms with Crippen LogP contribution in [0.5, 0.6) is 0 Å². The van der Waals surface area contributed by atoms with Crippen molar-refractivity contribution in [3.8, 4) is 11.1 Å². The molecule has 153 valence electrons. The van der Waals surface area contributed by atoms with Gasteiger partial charge in [-0.25, -0.2) is 4.79 Å². The van der Waals surface area contributed by atoms with Crippen molar-refractivity contribution in [1.82, 2.24) is 4.90 Å². The van der Waals surface area contributed by atoms with Gasteiger partial charge < -0.3 is 4.74 Å². The van der Waals surface area contributed by atoms with Crippen molar-refractivity contribution in [2.75, 3.05) is 0 Å². The van der Waals surface area contributed by atoms with Crippen molar-refractivity contribution in [3.05, 3.63) is 95.6 Å². The molecule has 1 fully saturated rings. The number of hydrogen-bond donors (Lipinski definition) is 0. The Kier molecular flexibility index (Phi) is 5.24. The van der Waals surface area contributed by atoms with E-state index in [1.807, 2.05) is 37.3 Å². The second kappa shape index (κ2) is 7.86. The maximum absolute atomic E-state index is 13.3. The molecule has 1 saturated heterocycles. The van der Waals surface area contributed by atoms with Gasteiger partial charge in [0.2, 0.25) is 0 Å². The number of rotatable bonds is 4. The minimum absolute atomic E-state index is 0.0114. The highest BCUT2D eigenvalue weighted by Crippen LogP contribution is 2.37. The van der Waals surface area contributed by atoms with Crippen LogP contribution in [0.3, 0.4) is 0 Å². The van der Waals surface area contributed by atoms with Crippen molar-refractivity contribution >= 4 is 6.09 Å². The first-order chi connectivity index (χ1) is 14.3. The molecule has 2 atom stereocenters. The summed E-state index contributed by atoms with van der Waals surface area (Å²) in [4.78, 5) is 14.1. The van der Waals surface area contributed by atoms with Gasteiger partial charge in [0.15, 0.2) is 0 Å². The predicted octanol–water partition coefficient (Wildman–Crippen LogP) is 6.25. The fraction of sp³-hybridized carbons (Fsp3) is 0.208. The normalized spacial score (nSPS) is 19.1. The lowest BCUT2D eigenvalue weighted by atomic mass is 9.96. The van der Waals surface area contributed by atoms with Gasteiger partial charge in [0.25, 0.3) is 0 Å². The van der Waals surface area contributed by atoms with Gasteiger partial charge in [-0.2, -0.15) is 13.2 Å². The third-order valence-electron chi connectivity index (χ3n) is 5.31. The van der Waals surface area contributed by atoms with Crippen LogP contribution in [0.1, 0.15) is 29.7 Å². The number of cyclic esters (lactones) is 1. The van der Waals surface area contributed by atoms with E-state index in [0.29, 0.717) is 11.1 Å². The van der Waals surface area contributed by atoms with E-state index in [4.69, 9.17) is 4.74 Å². The maximum Gasteiger partial charge on any atom is 0.416 e. The summed E-state index contributed by atoms with van der Waals surface area (Å²) in [5, 5.41) is 0. The molecule has 0 bridgehead atoms. The molecule has 0 saturated carbocycles. The molecule has 4 rings (SSSR count). The van der Waals surface area contributed by atoms with Crippen LogP contribution in [0.2, 0.25) is 0 Å². The summed E-state index contributed by atoms with van der Waals surface area (Å²) in [6.45, 7) is 1.85. The number of alkyl halides is 3. The molecule has 1 amide bonds. The van der Waals surface area contributed by atoms with Gasteiger partial charge in [-0.15, -0.1) is 0 Å². The molecule has 30 heavy (non-hydrogen) atoms. The largest absolute Gasteiger partial charge is 0.439 e. The van der Waals surface area contributed by atoms with Gasteiger partial charge in [-0.05, 0) is 53.4 Å². The summed E-state index contributed by atoms with van der Waals surface area (Å²) in [5.74, 6) is 0. The Morgan fingerprint density at radius 3 is 2.50 bits per heavy atom. The highest BCUT2D eigenvalue weighted by Gasteiger charge is 2.40. The minimum Gasteiger partial charge on any atom is -0.439 e. The summed E-state index contributed by atoms with van der Waals surface area (Å²) in [6.07, 6.45) is -5.49. The van der Waals surface area contributed by atoms with Crippen molar-refractivity contribution in [2.45, 2.75) is 31.8 Å². The maximum atomic E-state index is 13.3. The molecule has 0 aromatic heterocycles. The topological polar surface area (TPSA) is 29.5 Å². The van der Waals surface area contributed by atoms with Crippen molar-refractivity contribution in [2.24, 2.45) is 0 Å². The standard InChI is InChI=1S/C24H19F3NO2/c1-16-22(18-10-6-3-7-11-18)30-23(29)28(16)15-19-14-20(24(25,26)27)12-13-21(19)17-8-4-2-5-9-17/h2-4,6-14,16,22H,15H2,1H3/t16-,22-/m0/s1. The Labute approximate surface area is 172 Å². The van der Waals surface area contributed by atoms with Gasteiger partial charge in [0.05, 0.1) is 18.2 Å². The number of ether oxygens (including phenoxy) is 1. The zero-order valence-corrected chi connectivity index (χ0v) is 16.2. The summed E-state index contributed by atoms with van der Waals surface area (Å²) in [7, 11) is 0. The van der Waals surface area contributed by atoms with Crippen molar-refractivity contribution in [3.63, 3.8) is 0 Å². The van der Waals surface area contributed by atoms with Crippen LogP contribution in [0.15, 0.2) is 72.8 Å². The molecular formula is C24H19F3NO2. The van der Waals surface area contributed by atoms with E-state index in [1.165, 1.54) is 11.0 Å². The van der Waals surface area contributed by atoms with Gasteiger partial charge in [0, 0.05) is 0 Å². The molecule has 0 spiro atoms. The lowest BCUT2D eigenvalue weighted by Crippen LogP contribution is -2.31. The highest BCUT2D eigenvalue weighted by molar-refractivity contribution is 5.73. The van der Waals surface area contributed by atoms with Crippen LogP contribution in [0.25, 0.3) is 11.1 Å². The van der Waals surface area contributed by atoms with Gasteiger partial charge in [-0.3, -0.25) is 4.90 Å². The molecule has 1 aliphatic rings. The monoisotopic (exact) mass is 410 g/mol. The van der Waals surface area contributed by atoms with Crippen molar-refractivity contribution in [1.29, 1.82) is 0 Å². The Balaban J connectivity index is 1.70. The first-order valence-corrected chi connectivity index (χ1v) is 9.53. The minimum atomic E-state index is -4.47. The fourth-order valence-corrected chi connectivity index (χ4v) is 3.73. The smallest absolute Gasteiger partial charge is 0.416 e. The van der Waals surface area contributed by atoms with E-state index in [1.54, 1.807) is 24.3 Å². The lowest BCUT2D eigenvalue weighted by molar-refractivity contribution is -0.137. The molecule has 3 nitrogen and oxygen atoms in total. The van der Waals surface area contributed by atoms with E-state index in [2.05, 4.69) is 6.07 Å². The number of carbonyl (C=O) groups is 1. The Morgan fingerprint density at radius 2 is 1.83 bits per heavy atom. The van der Waals surface area contributed by atoms with E-state index in [-0.39, 0.29) is 12.6 Å². The zero-order chi connectivity index (χ0) is 21.3. The number of hydrogen-bond acceptors (Lipinski definition) is 2. The lowest BCUT2D eigenvalue weighted by Gasteiger charge is -2.23. The fourth-order valence-electron chi connectivity index (χ4n) is 3.73. The Hall–Kier alpha value is -3.28. The summed E-state index contributed by atoms with van der Waals surface area (Å²) in [5.41, 5.74) is 1.87. The van der Waals surface area contributed by atoms with Gasteiger partial charge in [0.1, 0.15) is 6.10 Å². The molecule has 0 N–H and O–H groups in total. The van der Waals surface area contributed by atoms with Crippen LogP contribution < -0.4 is 0 Å². The van der Waals surface area contributed by atoms with Crippen LogP contribution in [-0.4, -0.2) is 17.0 Å². The first-order valence-electron chi connectivity index (χ1n) is 9.53. The van der Waals surface area contributed by atoms with Gasteiger partial charge in [-0.1, -0.05) is 54.6 Å². The molecule has 0 unspecified atom stereocenters. The molecule has 1 aliphatic heterocycles. The van der Waals surface area contributed by atoms with Gasteiger partial charge >= 0.3 is 12.3 Å². The molecule has 6 heteroatoms. The second-order valence-corrected chi connectivity index (χ2v) is 7.25. The number of halogens is 3. The quantitative estimate of drug-likeness (QED) is 0.508. The average molecular weight is 410 g/mol. The number of benzene rings is 3.